The molecule has 0 saturated heterocycles. The molecule has 1 aromatic rings. The van der Waals surface area contributed by atoms with Crippen molar-refractivity contribution in [2.45, 2.75) is 13.0 Å². The maximum absolute atomic E-state index is 9.99. The number of carbonyl (C=O) groups excluding carboxylic acids is 1. The summed E-state index contributed by atoms with van der Waals surface area (Å²) in [6.07, 6.45) is 1.47. The van der Waals surface area contributed by atoms with E-state index in [0.717, 1.165) is 5.56 Å². The maximum Gasteiger partial charge on any atom is 0.235 e. The first-order valence-corrected chi connectivity index (χ1v) is 4.29. The van der Waals surface area contributed by atoms with Gasteiger partial charge in [0.25, 0.3) is 0 Å². The lowest BCUT2D eigenvalue weighted by Gasteiger charge is -2.04. The smallest absolute Gasteiger partial charge is 0.224 e. The molecule has 0 radical (unpaired) electrons. The second-order valence-electron chi connectivity index (χ2n) is 2.44. The van der Waals surface area contributed by atoms with E-state index in [0.29, 0.717) is 0 Å². The molecule has 0 bridgehead atoms. The second kappa shape index (κ2) is 4.38. The van der Waals surface area contributed by atoms with Gasteiger partial charge in [0, 0.05) is 0 Å². The van der Waals surface area contributed by atoms with E-state index < -0.39 is 0 Å². The first kappa shape index (κ1) is 10.2. The minimum atomic E-state index is -0.296. The van der Waals surface area contributed by atoms with E-state index >= 15 is 0 Å². The first-order valence-electron chi connectivity index (χ1n) is 3.53. The topological polar surface area (TPSA) is 42.3 Å². The Kier molecular flexibility index (Phi) is 3.43. The fourth-order valence-corrected chi connectivity index (χ4v) is 1.36. The van der Waals surface area contributed by atoms with E-state index in [1.165, 1.54) is 6.08 Å². The van der Waals surface area contributed by atoms with Gasteiger partial charge in [-0.05, 0) is 24.6 Å². The van der Waals surface area contributed by atoms with Crippen molar-refractivity contribution < 1.29 is 4.79 Å². The molecule has 1 atom stereocenters. The van der Waals surface area contributed by atoms with Crippen LogP contribution in [0.15, 0.2) is 17.1 Å². The standard InChI is InChI=1S/C8H6Cl2N2O/c1-5(11-4-13)6-2-7(9)12-8(10)3-6/h2-3,5H,1H3. The Labute approximate surface area is 85.4 Å². The lowest BCUT2D eigenvalue weighted by molar-refractivity contribution is 0.559. The number of rotatable bonds is 2. The minimum Gasteiger partial charge on any atom is -0.224 e. The second-order valence-corrected chi connectivity index (χ2v) is 3.22. The van der Waals surface area contributed by atoms with Crippen molar-refractivity contribution in [1.82, 2.24) is 4.98 Å². The molecule has 0 amide bonds. The highest BCUT2D eigenvalue weighted by Crippen LogP contribution is 2.22. The molecule has 3 nitrogen and oxygen atoms in total. The molecule has 0 aliphatic rings. The Balaban J connectivity index is 3.07. The van der Waals surface area contributed by atoms with Crippen molar-refractivity contribution >= 4 is 29.3 Å². The Hall–Kier alpha value is -0.890. The van der Waals surface area contributed by atoms with Gasteiger partial charge in [-0.1, -0.05) is 23.2 Å². The Bertz CT molecular complexity index is 341. The molecule has 0 aliphatic heterocycles. The van der Waals surface area contributed by atoms with Crippen molar-refractivity contribution in [3.8, 4) is 0 Å². The van der Waals surface area contributed by atoms with Crippen molar-refractivity contribution in [2.24, 2.45) is 4.99 Å². The van der Waals surface area contributed by atoms with Crippen LogP contribution in [-0.4, -0.2) is 11.1 Å². The molecular weight excluding hydrogens is 211 g/mol. The van der Waals surface area contributed by atoms with Crippen LogP contribution in [0.2, 0.25) is 10.3 Å². The number of hydrogen-bond donors (Lipinski definition) is 0. The van der Waals surface area contributed by atoms with Crippen molar-refractivity contribution in [2.75, 3.05) is 0 Å². The summed E-state index contributed by atoms with van der Waals surface area (Å²) in [5.74, 6) is 0. The van der Waals surface area contributed by atoms with Gasteiger partial charge in [0.05, 0.1) is 6.04 Å². The predicted octanol–water partition coefficient (Wildman–Crippen LogP) is 2.79. The first-order chi connectivity index (χ1) is 6.13. The third-order valence-corrected chi connectivity index (χ3v) is 1.90. The number of hydrogen-bond acceptors (Lipinski definition) is 3. The fourth-order valence-electron chi connectivity index (χ4n) is 0.878. The molecule has 68 valence electrons. The quantitative estimate of drug-likeness (QED) is 0.434. The van der Waals surface area contributed by atoms with Crippen molar-refractivity contribution in [1.29, 1.82) is 0 Å². The summed E-state index contributed by atoms with van der Waals surface area (Å²) in [7, 11) is 0. The fraction of sp³-hybridized carbons (Fsp3) is 0.250. The predicted molar refractivity (Wildman–Crippen MR) is 50.8 cm³/mol. The normalized spacial score (nSPS) is 11.9. The molecule has 5 heteroatoms. The number of aromatic nitrogens is 1. The summed E-state index contributed by atoms with van der Waals surface area (Å²) in [5, 5.41) is 0.575. The van der Waals surface area contributed by atoms with Crippen LogP contribution in [0, 0.1) is 0 Å². The van der Waals surface area contributed by atoms with Gasteiger partial charge in [-0.3, -0.25) is 0 Å². The van der Waals surface area contributed by atoms with Crippen LogP contribution < -0.4 is 0 Å². The summed E-state index contributed by atoms with van der Waals surface area (Å²) in [4.78, 5) is 17.3. The third kappa shape index (κ3) is 2.81. The average molecular weight is 217 g/mol. The van der Waals surface area contributed by atoms with Gasteiger partial charge in [0.1, 0.15) is 10.3 Å². The van der Waals surface area contributed by atoms with Gasteiger partial charge in [0.2, 0.25) is 6.08 Å². The Morgan fingerprint density at radius 1 is 1.46 bits per heavy atom. The SMILES string of the molecule is CC(N=C=O)c1cc(Cl)nc(Cl)c1. The zero-order valence-corrected chi connectivity index (χ0v) is 8.30. The number of isocyanates is 1. The van der Waals surface area contributed by atoms with E-state index in [4.69, 9.17) is 23.2 Å². The summed E-state index contributed by atoms with van der Waals surface area (Å²) in [5.41, 5.74) is 0.744. The highest BCUT2D eigenvalue weighted by atomic mass is 35.5. The van der Waals surface area contributed by atoms with Crippen LogP contribution in [0.1, 0.15) is 18.5 Å². The van der Waals surface area contributed by atoms with Crippen molar-refractivity contribution in [3.63, 3.8) is 0 Å². The van der Waals surface area contributed by atoms with Crippen LogP contribution >= 0.6 is 23.2 Å². The van der Waals surface area contributed by atoms with Crippen LogP contribution in [0.4, 0.5) is 0 Å². The van der Waals surface area contributed by atoms with E-state index in [9.17, 15) is 4.79 Å². The van der Waals surface area contributed by atoms with Crippen LogP contribution in [-0.2, 0) is 4.79 Å². The lowest BCUT2D eigenvalue weighted by atomic mass is 10.1. The van der Waals surface area contributed by atoms with Gasteiger partial charge in [-0.2, -0.15) is 4.99 Å². The molecular formula is C8H6Cl2N2O. The molecule has 1 aromatic heterocycles. The number of pyridine rings is 1. The highest BCUT2D eigenvalue weighted by molar-refractivity contribution is 6.32. The van der Waals surface area contributed by atoms with Crippen LogP contribution in [0.25, 0.3) is 0 Å². The molecule has 0 aliphatic carbocycles. The summed E-state index contributed by atoms with van der Waals surface area (Å²) in [6, 6.07) is 2.92. The van der Waals surface area contributed by atoms with Gasteiger partial charge in [-0.15, -0.1) is 0 Å². The zero-order valence-electron chi connectivity index (χ0n) is 6.79. The Morgan fingerprint density at radius 2 is 2.00 bits per heavy atom. The van der Waals surface area contributed by atoms with E-state index in [1.807, 2.05) is 0 Å². The van der Waals surface area contributed by atoms with Gasteiger partial charge in [-0.25, -0.2) is 9.78 Å². The highest BCUT2D eigenvalue weighted by Gasteiger charge is 2.06. The summed E-state index contributed by atoms with van der Waals surface area (Å²) >= 11 is 11.3. The maximum atomic E-state index is 9.99. The van der Waals surface area contributed by atoms with E-state index in [2.05, 4.69) is 9.98 Å². The van der Waals surface area contributed by atoms with Crippen molar-refractivity contribution in [3.05, 3.63) is 28.0 Å². The van der Waals surface area contributed by atoms with Crippen LogP contribution in [0.5, 0.6) is 0 Å². The monoisotopic (exact) mass is 216 g/mol. The number of nitrogens with zero attached hydrogens (tertiary/aromatic N) is 2. The molecule has 0 aromatic carbocycles. The third-order valence-electron chi connectivity index (χ3n) is 1.51. The number of halogens is 2. The Morgan fingerprint density at radius 3 is 2.46 bits per heavy atom. The van der Waals surface area contributed by atoms with Gasteiger partial charge < -0.3 is 0 Å². The zero-order chi connectivity index (χ0) is 9.84. The summed E-state index contributed by atoms with van der Waals surface area (Å²) in [6.45, 7) is 1.74. The molecule has 13 heavy (non-hydrogen) atoms. The van der Waals surface area contributed by atoms with Crippen LogP contribution in [0.3, 0.4) is 0 Å². The molecule has 1 rings (SSSR count). The lowest BCUT2D eigenvalue weighted by Crippen LogP contribution is -1.90. The van der Waals surface area contributed by atoms with E-state index in [-0.39, 0.29) is 16.3 Å². The molecule has 1 unspecified atom stereocenters. The minimum absolute atomic E-state index is 0.287. The average Bonchev–Trinajstić information content (AvgIpc) is 2.03. The number of aliphatic imine (C=N–C) groups is 1. The molecule has 0 spiro atoms. The summed E-state index contributed by atoms with van der Waals surface area (Å²) < 4.78 is 0. The largest absolute Gasteiger partial charge is 0.235 e. The molecule has 0 N–H and O–H groups in total. The van der Waals surface area contributed by atoms with Gasteiger partial charge in [0.15, 0.2) is 0 Å². The molecule has 1 heterocycles. The van der Waals surface area contributed by atoms with Gasteiger partial charge >= 0.3 is 0 Å². The van der Waals surface area contributed by atoms with E-state index in [1.54, 1.807) is 19.1 Å². The molecule has 0 fully saturated rings. The molecule has 0 saturated carbocycles.